The summed E-state index contributed by atoms with van der Waals surface area (Å²) in [6.07, 6.45) is 3.33. The second-order valence-electron chi connectivity index (χ2n) is 3.91. The van der Waals surface area contributed by atoms with Gasteiger partial charge in [-0.1, -0.05) is 6.92 Å². The first-order valence-electron chi connectivity index (χ1n) is 4.69. The Hall–Kier alpha value is -0.280. The predicted molar refractivity (Wildman–Crippen MR) is 61.8 cm³/mol. The van der Waals surface area contributed by atoms with Crippen molar-refractivity contribution in [2.24, 2.45) is 0 Å². The molecule has 1 N–H and O–H groups in total. The van der Waals surface area contributed by atoms with Crippen molar-refractivity contribution in [2.45, 2.75) is 25.3 Å². The Kier molecular flexibility index (Phi) is 5.48. The van der Waals surface area contributed by atoms with E-state index in [1.807, 2.05) is 0 Å². The van der Waals surface area contributed by atoms with Crippen LogP contribution >= 0.6 is 10.3 Å². The van der Waals surface area contributed by atoms with Crippen LogP contribution in [0.3, 0.4) is 0 Å². The van der Waals surface area contributed by atoms with Crippen molar-refractivity contribution in [3.63, 3.8) is 0 Å². The highest BCUT2D eigenvalue weighted by Gasteiger charge is 2.55. The zero-order valence-corrected chi connectivity index (χ0v) is 11.4. The van der Waals surface area contributed by atoms with Gasteiger partial charge in [0.15, 0.2) is 0 Å². The molecule has 104 valence electrons. The summed E-state index contributed by atoms with van der Waals surface area (Å²) in [5.74, 6) is -0.510. The Labute approximate surface area is 100 Å². The lowest BCUT2D eigenvalue weighted by atomic mass is 10.3. The van der Waals surface area contributed by atoms with Crippen LogP contribution in [0.1, 0.15) is 19.8 Å². The standard InChI is InChI=1S/C8H15F3O4S2/c1-4-5-7(12)6-16(2,3)15-17(13,14)8(9,10)11/h4-6H2,1-3H3/p+1. The summed E-state index contributed by atoms with van der Waals surface area (Å²) in [6, 6.07) is 0. The topological polar surface area (TPSA) is 64.0 Å². The number of carbonyl (C=O) groups is 1. The molecule has 0 saturated heterocycles. The first-order chi connectivity index (χ1) is 7.41. The molecular formula is C8H16F3O4S2+. The second-order valence-corrected chi connectivity index (χ2v) is 9.17. The van der Waals surface area contributed by atoms with Gasteiger partial charge in [0.1, 0.15) is 5.78 Å². The van der Waals surface area contributed by atoms with Crippen molar-refractivity contribution in [1.82, 2.24) is 0 Å². The highest BCUT2D eigenvalue weighted by atomic mass is 32.3. The van der Waals surface area contributed by atoms with E-state index in [0.717, 1.165) is 0 Å². The SMILES string of the molecule is CCCC(=O)CS(C)(C)[OH+]S(=O)(=O)C(F)(F)F. The van der Waals surface area contributed by atoms with Crippen LogP contribution in [-0.4, -0.2) is 41.6 Å². The first-order valence-corrected chi connectivity index (χ1v) is 8.71. The fourth-order valence-electron chi connectivity index (χ4n) is 1.08. The van der Waals surface area contributed by atoms with E-state index >= 15 is 0 Å². The summed E-state index contributed by atoms with van der Waals surface area (Å²) in [6.45, 7) is 1.75. The quantitative estimate of drug-likeness (QED) is 0.429. The Morgan fingerprint density at radius 2 is 1.71 bits per heavy atom. The van der Waals surface area contributed by atoms with Gasteiger partial charge in [-0.15, -0.1) is 8.42 Å². The van der Waals surface area contributed by atoms with Crippen molar-refractivity contribution in [3.05, 3.63) is 0 Å². The van der Waals surface area contributed by atoms with Crippen LogP contribution in [0.15, 0.2) is 0 Å². The molecule has 0 aromatic heterocycles. The molecule has 0 saturated carbocycles. The largest absolute Gasteiger partial charge is 0.572 e. The number of ketones is 1. The van der Waals surface area contributed by atoms with Gasteiger partial charge in [0.05, 0.1) is 5.75 Å². The molecule has 0 atom stereocenters. The van der Waals surface area contributed by atoms with E-state index in [1.165, 1.54) is 12.5 Å². The summed E-state index contributed by atoms with van der Waals surface area (Å²) < 4.78 is 60.8. The molecule has 0 fully saturated rings. The van der Waals surface area contributed by atoms with Crippen LogP contribution in [0.2, 0.25) is 0 Å². The van der Waals surface area contributed by atoms with Gasteiger partial charge in [-0.05, 0) is 16.7 Å². The van der Waals surface area contributed by atoms with Crippen LogP contribution in [0, 0.1) is 0 Å². The minimum atomic E-state index is -5.51. The van der Waals surface area contributed by atoms with Gasteiger partial charge in [0, 0.05) is 18.9 Å². The van der Waals surface area contributed by atoms with E-state index in [4.69, 9.17) is 0 Å². The third-order valence-corrected chi connectivity index (χ3v) is 5.65. The zero-order chi connectivity index (χ0) is 13.9. The lowest BCUT2D eigenvalue weighted by Gasteiger charge is -2.24. The van der Waals surface area contributed by atoms with E-state index in [0.29, 0.717) is 6.42 Å². The van der Waals surface area contributed by atoms with Gasteiger partial charge in [-0.3, -0.25) is 8.42 Å². The molecular weight excluding hydrogens is 281 g/mol. The van der Waals surface area contributed by atoms with Crippen molar-refractivity contribution < 1.29 is 30.0 Å². The molecule has 0 spiro atoms. The first kappa shape index (κ1) is 16.7. The van der Waals surface area contributed by atoms with Gasteiger partial charge in [-0.2, -0.15) is 13.2 Å². The van der Waals surface area contributed by atoms with Crippen LogP contribution in [0.25, 0.3) is 0 Å². The van der Waals surface area contributed by atoms with Crippen molar-refractivity contribution >= 4 is 26.2 Å². The summed E-state index contributed by atoms with van der Waals surface area (Å²) in [5, 5.41) is 0. The molecule has 0 heterocycles. The summed E-state index contributed by atoms with van der Waals surface area (Å²) in [4.78, 5) is 11.3. The molecule has 0 aliphatic heterocycles. The number of rotatable bonds is 6. The molecule has 17 heavy (non-hydrogen) atoms. The Bertz CT molecular complexity index is 373. The van der Waals surface area contributed by atoms with E-state index in [-0.39, 0.29) is 18.0 Å². The molecule has 4 nitrogen and oxygen atoms in total. The molecule has 0 bridgehead atoms. The second kappa shape index (κ2) is 5.57. The highest BCUT2D eigenvalue weighted by Crippen LogP contribution is 2.43. The summed E-state index contributed by atoms with van der Waals surface area (Å²) in [5.41, 5.74) is -5.40. The smallest absolute Gasteiger partial charge is 0.299 e. The van der Waals surface area contributed by atoms with Gasteiger partial charge in [0.25, 0.3) is 0 Å². The maximum Gasteiger partial charge on any atom is 0.572 e. The molecule has 0 radical (unpaired) electrons. The lowest BCUT2D eigenvalue weighted by Crippen LogP contribution is -2.31. The molecule has 9 heteroatoms. The third kappa shape index (κ3) is 5.73. The van der Waals surface area contributed by atoms with Gasteiger partial charge in [0.2, 0.25) is 0 Å². The number of hydrogen-bond acceptors (Lipinski definition) is 3. The van der Waals surface area contributed by atoms with E-state index in [1.54, 1.807) is 6.92 Å². The third-order valence-electron chi connectivity index (χ3n) is 1.64. The van der Waals surface area contributed by atoms with Crippen molar-refractivity contribution in [3.8, 4) is 0 Å². The predicted octanol–water partition coefficient (Wildman–Crippen LogP) is 2.28. The zero-order valence-electron chi connectivity index (χ0n) is 9.74. The van der Waals surface area contributed by atoms with Crippen LogP contribution < -0.4 is 0 Å². The number of halogens is 3. The monoisotopic (exact) mass is 297 g/mol. The molecule has 0 aliphatic carbocycles. The van der Waals surface area contributed by atoms with Gasteiger partial charge < -0.3 is 0 Å². The summed E-state index contributed by atoms with van der Waals surface area (Å²) in [7, 11) is -7.98. The number of Topliss-reactive ketones (excluding diaryl/α,β-unsaturated/α-hetero) is 1. The average molecular weight is 297 g/mol. The Morgan fingerprint density at radius 3 is 2.06 bits per heavy atom. The molecule has 0 amide bonds. The van der Waals surface area contributed by atoms with Crippen molar-refractivity contribution in [1.29, 1.82) is 0 Å². The normalized spacial score (nSPS) is 14.7. The van der Waals surface area contributed by atoms with Gasteiger partial charge in [-0.25, -0.2) is 0 Å². The molecule has 0 rings (SSSR count). The Morgan fingerprint density at radius 1 is 1.24 bits per heavy atom. The Balaban J connectivity index is 4.72. The maximum absolute atomic E-state index is 12.1. The average Bonchev–Trinajstić information content (AvgIpc) is 1.97. The molecule has 0 aromatic carbocycles. The van der Waals surface area contributed by atoms with E-state index < -0.39 is 25.9 Å². The van der Waals surface area contributed by atoms with Crippen molar-refractivity contribution in [2.75, 3.05) is 18.3 Å². The summed E-state index contributed by atoms with van der Waals surface area (Å²) >= 11 is 0. The minimum absolute atomic E-state index is 0.220. The molecule has 0 aliphatic rings. The fraction of sp³-hybridized carbons (Fsp3) is 0.875. The number of hydrogen-bond donors (Lipinski definition) is 0. The molecule has 0 unspecified atom stereocenters. The van der Waals surface area contributed by atoms with Crippen LogP contribution in [0.4, 0.5) is 13.2 Å². The number of carbonyl (C=O) groups excluding carboxylic acids is 1. The highest BCUT2D eigenvalue weighted by molar-refractivity contribution is 8.31. The van der Waals surface area contributed by atoms with Crippen LogP contribution in [-0.2, 0) is 14.9 Å². The van der Waals surface area contributed by atoms with Crippen LogP contribution in [0.5, 0.6) is 0 Å². The lowest BCUT2D eigenvalue weighted by molar-refractivity contribution is -0.116. The van der Waals surface area contributed by atoms with Gasteiger partial charge >= 0.3 is 15.6 Å². The fourth-order valence-corrected chi connectivity index (χ4v) is 4.69. The molecule has 0 aromatic rings. The van der Waals surface area contributed by atoms with E-state index in [9.17, 15) is 26.4 Å². The minimum Gasteiger partial charge on any atom is -0.299 e. The number of alkyl halides is 3. The maximum atomic E-state index is 12.1. The van der Waals surface area contributed by atoms with E-state index in [2.05, 4.69) is 3.63 Å².